The molecular formula is C15H23N3OS. The van der Waals surface area contributed by atoms with E-state index in [1.165, 1.54) is 0 Å². The lowest BCUT2D eigenvalue weighted by Crippen LogP contribution is -2.44. The maximum absolute atomic E-state index is 5.52. The van der Waals surface area contributed by atoms with Crippen molar-refractivity contribution in [2.45, 2.75) is 26.3 Å². The number of nitrogens with zero attached hydrogens (tertiary/aromatic N) is 2. The number of nitrogens with one attached hydrogen (secondary N) is 1. The molecule has 0 aliphatic heterocycles. The molecule has 0 spiro atoms. The first-order valence-corrected chi connectivity index (χ1v) is 7.69. The van der Waals surface area contributed by atoms with Gasteiger partial charge >= 0.3 is 0 Å². The Balaban J connectivity index is 2.12. The van der Waals surface area contributed by atoms with Crippen LogP contribution in [0.15, 0.2) is 18.2 Å². The Hall–Kier alpha value is -1.33. The second-order valence-corrected chi connectivity index (χ2v) is 6.67. The largest absolute Gasteiger partial charge is 0.494 e. The van der Waals surface area contributed by atoms with Gasteiger partial charge in [-0.25, -0.2) is 4.98 Å². The first-order valence-electron chi connectivity index (χ1n) is 6.87. The lowest BCUT2D eigenvalue weighted by Gasteiger charge is -2.32. The fraction of sp³-hybridized carbons (Fsp3) is 0.533. The van der Waals surface area contributed by atoms with Crippen LogP contribution in [-0.2, 0) is 0 Å². The fourth-order valence-electron chi connectivity index (χ4n) is 1.69. The molecule has 5 heteroatoms. The number of fused-ring (bicyclic) bond motifs is 1. The van der Waals surface area contributed by atoms with Crippen molar-refractivity contribution in [3.8, 4) is 5.75 Å². The van der Waals surface area contributed by atoms with Crippen LogP contribution in [0.1, 0.15) is 20.8 Å². The minimum absolute atomic E-state index is 0.0916. The summed E-state index contributed by atoms with van der Waals surface area (Å²) in [4.78, 5) is 6.82. The highest BCUT2D eigenvalue weighted by atomic mass is 32.1. The monoisotopic (exact) mass is 293 g/mol. The second-order valence-electron chi connectivity index (χ2n) is 5.64. The summed E-state index contributed by atoms with van der Waals surface area (Å²) >= 11 is 1.67. The van der Waals surface area contributed by atoms with Gasteiger partial charge in [-0.3, -0.25) is 0 Å². The van der Waals surface area contributed by atoms with Gasteiger partial charge in [0.05, 0.1) is 16.8 Å². The zero-order valence-corrected chi connectivity index (χ0v) is 13.7. The van der Waals surface area contributed by atoms with E-state index in [4.69, 9.17) is 4.74 Å². The number of ether oxygens (including phenoxy) is 1. The Morgan fingerprint density at radius 2 is 2.10 bits per heavy atom. The maximum Gasteiger partial charge on any atom is 0.183 e. The van der Waals surface area contributed by atoms with Gasteiger partial charge < -0.3 is 15.0 Å². The molecule has 1 aromatic heterocycles. The summed E-state index contributed by atoms with van der Waals surface area (Å²) in [5, 5.41) is 4.39. The smallest absolute Gasteiger partial charge is 0.183 e. The van der Waals surface area contributed by atoms with Gasteiger partial charge in [0.25, 0.3) is 0 Å². The van der Waals surface area contributed by atoms with Crippen molar-refractivity contribution < 1.29 is 4.74 Å². The van der Waals surface area contributed by atoms with Crippen molar-refractivity contribution in [1.82, 2.24) is 9.88 Å². The van der Waals surface area contributed by atoms with Crippen LogP contribution < -0.4 is 10.1 Å². The van der Waals surface area contributed by atoms with Crippen molar-refractivity contribution in [3.05, 3.63) is 18.2 Å². The molecule has 110 valence electrons. The highest BCUT2D eigenvalue weighted by Crippen LogP contribution is 2.29. The van der Waals surface area contributed by atoms with Crippen LogP contribution in [0.25, 0.3) is 10.2 Å². The predicted octanol–water partition coefficient (Wildman–Crippen LogP) is 3.45. The van der Waals surface area contributed by atoms with Crippen LogP contribution in [0.5, 0.6) is 5.75 Å². The zero-order chi connectivity index (χ0) is 14.8. The number of rotatable bonds is 6. The number of hydrogen-bond acceptors (Lipinski definition) is 5. The van der Waals surface area contributed by atoms with E-state index < -0.39 is 0 Å². The van der Waals surface area contributed by atoms with Gasteiger partial charge in [0.1, 0.15) is 5.75 Å². The molecule has 0 radical (unpaired) electrons. The van der Waals surface area contributed by atoms with Crippen LogP contribution in [0.2, 0.25) is 0 Å². The number of anilines is 1. The molecule has 0 aliphatic rings. The SMILES string of the molecule is CCOc1ccc2nc(NCC(C)(C)N(C)C)sc2c1. The Morgan fingerprint density at radius 3 is 2.75 bits per heavy atom. The van der Waals surface area contributed by atoms with Gasteiger partial charge in [0, 0.05) is 12.1 Å². The molecule has 0 saturated heterocycles. The summed E-state index contributed by atoms with van der Waals surface area (Å²) in [6.07, 6.45) is 0. The van der Waals surface area contributed by atoms with E-state index in [0.29, 0.717) is 6.61 Å². The van der Waals surface area contributed by atoms with Crippen molar-refractivity contribution in [2.75, 3.05) is 32.6 Å². The average molecular weight is 293 g/mol. The van der Waals surface area contributed by atoms with Crippen LogP contribution in [0, 0.1) is 0 Å². The Morgan fingerprint density at radius 1 is 1.35 bits per heavy atom. The van der Waals surface area contributed by atoms with E-state index in [1.807, 2.05) is 19.1 Å². The molecule has 0 bridgehead atoms. The fourth-order valence-corrected chi connectivity index (χ4v) is 2.58. The number of aromatic nitrogens is 1. The van der Waals surface area contributed by atoms with E-state index in [-0.39, 0.29) is 5.54 Å². The summed E-state index contributed by atoms with van der Waals surface area (Å²) in [6.45, 7) is 7.96. The zero-order valence-electron chi connectivity index (χ0n) is 12.9. The van der Waals surface area contributed by atoms with Crippen LogP contribution in [-0.4, -0.2) is 42.7 Å². The Bertz CT molecular complexity index is 578. The van der Waals surface area contributed by atoms with Gasteiger partial charge in [-0.2, -0.15) is 0 Å². The maximum atomic E-state index is 5.52. The third-order valence-corrected chi connectivity index (χ3v) is 4.53. The molecule has 20 heavy (non-hydrogen) atoms. The molecule has 2 aromatic rings. The summed E-state index contributed by atoms with van der Waals surface area (Å²) in [5.74, 6) is 0.906. The molecule has 0 fully saturated rings. The molecule has 0 saturated carbocycles. The van der Waals surface area contributed by atoms with E-state index >= 15 is 0 Å². The van der Waals surface area contributed by atoms with E-state index in [2.05, 4.69) is 49.2 Å². The minimum atomic E-state index is 0.0916. The lowest BCUT2D eigenvalue weighted by molar-refractivity contribution is 0.210. The average Bonchev–Trinajstić information content (AvgIpc) is 2.79. The van der Waals surface area contributed by atoms with Gasteiger partial charge in [-0.15, -0.1) is 0 Å². The topological polar surface area (TPSA) is 37.4 Å². The standard InChI is InChI=1S/C15H23N3OS/c1-6-19-11-7-8-12-13(9-11)20-14(17-12)16-10-15(2,3)18(4)5/h7-9H,6,10H2,1-5H3,(H,16,17). The highest BCUT2D eigenvalue weighted by Gasteiger charge is 2.20. The Kier molecular flexibility index (Phi) is 4.50. The predicted molar refractivity (Wildman–Crippen MR) is 87.0 cm³/mol. The molecule has 2 rings (SSSR count). The number of benzene rings is 1. The Labute approximate surface area is 124 Å². The first-order chi connectivity index (χ1) is 9.42. The third kappa shape index (κ3) is 3.41. The first kappa shape index (κ1) is 15.1. The van der Waals surface area contributed by atoms with Crippen molar-refractivity contribution in [3.63, 3.8) is 0 Å². The van der Waals surface area contributed by atoms with Gasteiger partial charge in [-0.1, -0.05) is 11.3 Å². The molecule has 0 atom stereocenters. The summed E-state index contributed by atoms with van der Waals surface area (Å²) in [6, 6.07) is 6.04. The molecule has 0 amide bonds. The normalized spacial score (nSPS) is 12.1. The van der Waals surface area contributed by atoms with Gasteiger partial charge in [0.15, 0.2) is 5.13 Å². The second kappa shape index (κ2) is 5.97. The van der Waals surface area contributed by atoms with E-state index in [1.54, 1.807) is 11.3 Å². The van der Waals surface area contributed by atoms with Crippen LogP contribution >= 0.6 is 11.3 Å². The summed E-state index contributed by atoms with van der Waals surface area (Å²) in [5.41, 5.74) is 1.11. The summed E-state index contributed by atoms with van der Waals surface area (Å²) < 4.78 is 6.67. The highest BCUT2D eigenvalue weighted by molar-refractivity contribution is 7.22. The van der Waals surface area contributed by atoms with Gasteiger partial charge in [0.2, 0.25) is 0 Å². The molecule has 1 aromatic carbocycles. The summed E-state index contributed by atoms with van der Waals surface area (Å²) in [7, 11) is 4.18. The third-order valence-electron chi connectivity index (χ3n) is 3.55. The lowest BCUT2D eigenvalue weighted by atomic mass is 10.1. The van der Waals surface area contributed by atoms with Crippen molar-refractivity contribution in [1.29, 1.82) is 0 Å². The molecule has 4 nitrogen and oxygen atoms in total. The van der Waals surface area contributed by atoms with E-state index in [0.717, 1.165) is 27.6 Å². The van der Waals surface area contributed by atoms with Crippen LogP contribution in [0.3, 0.4) is 0 Å². The van der Waals surface area contributed by atoms with Gasteiger partial charge in [-0.05, 0) is 53.1 Å². The molecule has 1 heterocycles. The van der Waals surface area contributed by atoms with E-state index in [9.17, 15) is 0 Å². The quantitative estimate of drug-likeness (QED) is 0.885. The van der Waals surface area contributed by atoms with Crippen molar-refractivity contribution in [2.24, 2.45) is 0 Å². The molecular weight excluding hydrogens is 270 g/mol. The molecule has 0 unspecified atom stereocenters. The molecule has 0 aliphatic carbocycles. The number of likely N-dealkylation sites (N-methyl/N-ethyl adjacent to an activating group) is 1. The number of hydrogen-bond donors (Lipinski definition) is 1. The molecule has 1 N–H and O–H groups in total. The van der Waals surface area contributed by atoms with Crippen LogP contribution in [0.4, 0.5) is 5.13 Å². The number of thiazole rings is 1. The minimum Gasteiger partial charge on any atom is -0.494 e. The van der Waals surface area contributed by atoms with Crippen molar-refractivity contribution >= 4 is 26.7 Å².